The molecule has 0 spiro atoms. The number of ether oxygens (including phenoxy) is 1. The van der Waals surface area contributed by atoms with E-state index in [0.717, 1.165) is 24.9 Å². The van der Waals surface area contributed by atoms with Crippen LogP contribution in [0.3, 0.4) is 0 Å². The van der Waals surface area contributed by atoms with E-state index in [1.807, 2.05) is 0 Å². The van der Waals surface area contributed by atoms with Crippen LogP contribution in [0.1, 0.15) is 126 Å². The predicted octanol–water partition coefficient (Wildman–Crippen LogP) is 8.57. The van der Waals surface area contributed by atoms with Crippen LogP contribution < -0.4 is 0 Å². The van der Waals surface area contributed by atoms with Gasteiger partial charge in [0.2, 0.25) is 0 Å². The molecule has 30 heavy (non-hydrogen) atoms. The summed E-state index contributed by atoms with van der Waals surface area (Å²) in [7, 11) is 0. The van der Waals surface area contributed by atoms with E-state index in [4.69, 9.17) is 4.74 Å². The number of hydrogen-bond donors (Lipinski definition) is 1. The first kappa shape index (κ1) is 29.7. The van der Waals surface area contributed by atoms with Crippen LogP contribution in [-0.2, 0) is 4.74 Å². The summed E-state index contributed by atoms with van der Waals surface area (Å²) in [5, 5.41) is 10.5. The zero-order valence-corrected chi connectivity index (χ0v) is 20.6. The molecule has 0 heterocycles. The standard InChI is InChI=1S/C27H52O2.CH4/c1-7-9-10-11-12-13-19-29-27-24(6)23(5)26(28)20-25(27)18-17-22(4)16-14-15-21(3)8-2;/h20-24,26-28H,7-19H2,1-6H3;1H4. The van der Waals surface area contributed by atoms with Gasteiger partial charge in [-0.2, -0.15) is 0 Å². The molecule has 0 saturated carbocycles. The second-order valence-corrected chi connectivity index (χ2v) is 10.1. The van der Waals surface area contributed by atoms with Crippen molar-refractivity contribution in [2.75, 3.05) is 6.61 Å². The Morgan fingerprint density at radius 3 is 2.17 bits per heavy atom. The maximum atomic E-state index is 10.5. The van der Waals surface area contributed by atoms with E-state index in [1.165, 1.54) is 76.2 Å². The Hall–Kier alpha value is -0.340. The van der Waals surface area contributed by atoms with E-state index in [2.05, 4.69) is 47.6 Å². The van der Waals surface area contributed by atoms with E-state index in [0.29, 0.717) is 5.92 Å². The fourth-order valence-corrected chi connectivity index (χ4v) is 4.54. The highest BCUT2D eigenvalue weighted by Gasteiger charge is 2.34. The first-order valence-electron chi connectivity index (χ1n) is 12.9. The lowest BCUT2D eigenvalue weighted by Crippen LogP contribution is -2.39. The molecule has 2 heteroatoms. The summed E-state index contributed by atoms with van der Waals surface area (Å²) in [6.45, 7) is 14.6. The van der Waals surface area contributed by atoms with Gasteiger partial charge in [-0.05, 0) is 48.5 Å². The molecule has 180 valence electrons. The van der Waals surface area contributed by atoms with Crippen LogP contribution >= 0.6 is 0 Å². The van der Waals surface area contributed by atoms with E-state index >= 15 is 0 Å². The third kappa shape index (κ3) is 11.3. The number of hydrogen-bond acceptors (Lipinski definition) is 2. The Labute approximate surface area is 190 Å². The van der Waals surface area contributed by atoms with Crippen LogP contribution in [0.15, 0.2) is 11.6 Å². The largest absolute Gasteiger partial charge is 0.389 e. The van der Waals surface area contributed by atoms with Crippen LogP contribution in [0.25, 0.3) is 0 Å². The van der Waals surface area contributed by atoms with Crippen molar-refractivity contribution in [3.05, 3.63) is 11.6 Å². The van der Waals surface area contributed by atoms with Crippen molar-refractivity contribution in [2.45, 2.75) is 138 Å². The van der Waals surface area contributed by atoms with E-state index in [1.54, 1.807) is 0 Å². The van der Waals surface area contributed by atoms with Gasteiger partial charge in [0.05, 0.1) is 12.2 Å². The minimum Gasteiger partial charge on any atom is -0.389 e. The fourth-order valence-electron chi connectivity index (χ4n) is 4.54. The normalized spacial score (nSPS) is 26.0. The number of aliphatic hydroxyl groups excluding tert-OH is 1. The average molecular weight is 425 g/mol. The van der Waals surface area contributed by atoms with Gasteiger partial charge in [-0.3, -0.25) is 0 Å². The van der Waals surface area contributed by atoms with Gasteiger partial charge >= 0.3 is 0 Å². The molecule has 6 atom stereocenters. The highest BCUT2D eigenvalue weighted by Crippen LogP contribution is 2.35. The third-order valence-electron chi connectivity index (χ3n) is 7.41. The van der Waals surface area contributed by atoms with E-state index < -0.39 is 0 Å². The van der Waals surface area contributed by atoms with Gasteiger partial charge < -0.3 is 9.84 Å². The van der Waals surface area contributed by atoms with Gasteiger partial charge in [-0.15, -0.1) is 0 Å². The molecule has 0 aromatic carbocycles. The van der Waals surface area contributed by atoms with Crippen molar-refractivity contribution < 1.29 is 9.84 Å². The Bertz CT molecular complexity index is 430. The van der Waals surface area contributed by atoms with Crippen LogP contribution in [-0.4, -0.2) is 23.9 Å². The molecule has 0 aliphatic heterocycles. The zero-order valence-electron chi connectivity index (χ0n) is 20.6. The fraction of sp³-hybridized carbons (Fsp3) is 0.929. The predicted molar refractivity (Wildman–Crippen MR) is 134 cm³/mol. The van der Waals surface area contributed by atoms with Gasteiger partial charge in [-0.1, -0.05) is 113 Å². The number of rotatable bonds is 16. The van der Waals surface area contributed by atoms with E-state index in [-0.39, 0.29) is 25.6 Å². The molecule has 1 aliphatic rings. The number of unbranched alkanes of at least 4 members (excludes halogenated alkanes) is 5. The smallest absolute Gasteiger partial charge is 0.0815 e. The summed E-state index contributed by atoms with van der Waals surface area (Å²) in [6.07, 6.45) is 17.5. The van der Waals surface area contributed by atoms with Crippen molar-refractivity contribution in [2.24, 2.45) is 23.7 Å². The third-order valence-corrected chi connectivity index (χ3v) is 7.41. The quantitative estimate of drug-likeness (QED) is 0.198. The Morgan fingerprint density at radius 2 is 1.50 bits per heavy atom. The topological polar surface area (TPSA) is 29.5 Å². The summed E-state index contributed by atoms with van der Waals surface area (Å²) in [5.41, 5.74) is 1.36. The lowest BCUT2D eigenvalue weighted by atomic mass is 9.76. The molecule has 0 aromatic heterocycles. The van der Waals surface area contributed by atoms with Crippen molar-refractivity contribution in [1.82, 2.24) is 0 Å². The summed E-state index contributed by atoms with van der Waals surface area (Å²) in [4.78, 5) is 0. The molecule has 0 fully saturated rings. The Balaban J connectivity index is 0.00000841. The van der Waals surface area contributed by atoms with Crippen LogP contribution in [0.5, 0.6) is 0 Å². The van der Waals surface area contributed by atoms with Gasteiger partial charge in [0.1, 0.15) is 0 Å². The first-order chi connectivity index (χ1) is 13.9. The molecule has 0 saturated heterocycles. The minimum atomic E-state index is -0.311. The molecule has 1 rings (SSSR count). The van der Waals surface area contributed by atoms with Gasteiger partial charge in [0.15, 0.2) is 0 Å². The zero-order chi connectivity index (χ0) is 21.6. The van der Waals surface area contributed by atoms with E-state index in [9.17, 15) is 5.11 Å². The maximum Gasteiger partial charge on any atom is 0.0815 e. The molecule has 2 nitrogen and oxygen atoms in total. The molecular formula is C28H56O2. The summed E-state index contributed by atoms with van der Waals surface area (Å²) in [6, 6.07) is 0. The monoisotopic (exact) mass is 424 g/mol. The summed E-state index contributed by atoms with van der Waals surface area (Å²) in [5.74, 6) is 2.29. The molecule has 0 bridgehead atoms. The van der Waals surface area contributed by atoms with Gasteiger partial charge in [0.25, 0.3) is 0 Å². The highest BCUT2D eigenvalue weighted by atomic mass is 16.5. The van der Waals surface area contributed by atoms with Crippen LogP contribution in [0.4, 0.5) is 0 Å². The molecular weight excluding hydrogens is 368 g/mol. The molecule has 0 radical (unpaired) electrons. The van der Waals surface area contributed by atoms with Crippen molar-refractivity contribution in [3.63, 3.8) is 0 Å². The van der Waals surface area contributed by atoms with Crippen molar-refractivity contribution >= 4 is 0 Å². The van der Waals surface area contributed by atoms with Crippen molar-refractivity contribution in [1.29, 1.82) is 0 Å². The molecule has 6 unspecified atom stereocenters. The minimum absolute atomic E-state index is 0. The summed E-state index contributed by atoms with van der Waals surface area (Å²) >= 11 is 0. The molecule has 0 aromatic rings. The molecule has 1 aliphatic carbocycles. The van der Waals surface area contributed by atoms with Crippen molar-refractivity contribution in [3.8, 4) is 0 Å². The Kier molecular flexibility index (Phi) is 17.0. The van der Waals surface area contributed by atoms with Gasteiger partial charge in [0, 0.05) is 6.61 Å². The first-order valence-corrected chi connectivity index (χ1v) is 12.9. The summed E-state index contributed by atoms with van der Waals surface area (Å²) < 4.78 is 6.41. The second-order valence-electron chi connectivity index (χ2n) is 10.1. The molecule has 0 amide bonds. The Morgan fingerprint density at radius 1 is 0.867 bits per heavy atom. The highest BCUT2D eigenvalue weighted by molar-refractivity contribution is 5.18. The molecule has 1 N–H and O–H groups in total. The lowest BCUT2D eigenvalue weighted by molar-refractivity contribution is -0.0127. The lowest BCUT2D eigenvalue weighted by Gasteiger charge is -2.38. The SMILES string of the molecule is C.CCCCCCCCOC1C(CCC(C)CCCC(C)CC)=CC(O)C(C)C1C. The maximum absolute atomic E-state index is 10.5. The van der Waals surface area contributed by atoms with Crippen LogP contribution in [0, 0.1) is 23.7 Å². The van der Waals surface area contributed by atoms with Gasteiger partial charge in [-0.25, -0.2) is 0 Å². The second kappa shape index (κ2) is 17.2. The number of aliphatic hydroxyl groups is 1. The van der Waals surface area contributed by atoms with Crippen LogP contribution in [0.2, 0.25) is 0 Å². The average Bonchev–Trinajstić information content (AvgIpc) is 2.71.